The van der Waals surface area contributed by atoms with Crippen LogP contribution in [0, 0.1) is 0 Å². The number of amides is 1. The van der Waals surface area contributed by atoms with Crippen LogP contribution in [0.2, 0.25) is 0 Å². The molecule has 1 N–H and O–H groups in total. The van der Waals surface area contributed by atoms with E-state index in [0.29, 0.717) is 11.3 Å². The summed E-state index contributed by atoms with van der Waals surface area (Å²) in [5, 5.41) is 2.52. The Kier molecular flexibility index (Phi) is 6.65. The van der Waals surface area contributed by atoms with Crippen LogP contribution >= 0.6 is 0 Å². The number of hydrogen-bond donors (Lipinski definition) is 1. The first-order valence-electron chi connectivity index (χ1n) is 7.79. The van der Waals surface area contributed by atoms with Crippen LogP contribution in [-0.2, 0) is 19.0 Å². The molecule has 0 aromatic heterocycles. The number of hydrogen-bond acceptors (Lipinski definition) is 7. The number of anilines is 1. The number of rotatable bonds is 6. The minimum Gasteiger partial charge on any atom is -0.465 e. The number of esters is 3. The fourth-order valence-corrected chi connectivity index (χ4v) is 2.16. The molecule has 0 radical (unpaired) electrons. The molecule has 0 aliphatic rings. The van der Waals surface area contributed by atoms with Gasteiger partial charge in [-0.2, -0.15) is 0 Å². The molecule has 0 aliphatic heterocycles. The summed E-state index contributed by atoms with van der Waals surface area (Å²) < 4.78 is 14.1. The highest BCUT2D eigenvalue weighted by atomic mass is 16.5. The Morgan fingerprint density at radius 3 is 1.89 bits per heavy atom. The Hall–Kier alpha value is -3.68. The minimum absolute atomic E-state index is 0.000388. The first kappa shape index (κ1) is 19.6. The third-order valence-corrected chi connectivity index (χ3v) is 3.48. The highest BCUT2D eigenvalue weighted by Gasteiger charge is 2.19. The monoisotopic (exact) mass is 371 g/mol. The molecular formula is C19H17NO7. The van der Waals surface area contributed by atoms with E-state index in [1.165, 1.54) is 50.6 Å². The molecular weight excluding hydrogens is 354 g/mol. The molecule has 2 aromatic carbocycles. The van der Waals surface area contributed by atoms with Gasteiger partial charge in [-0.15, -0.1) is 0 Å². The molecule has 0 unspecified atom stereocenters. The van der Waals surface area contributed by atoms with Gasteiger partial charge in [-0.05, 0) is 36.4 Å². The van der Waals surface area contributed by atoms with E-state index in [9.17, 15) is 19.2 Å². The van der Waals surface area contributed by atoms with Crippen molar-refractivity contribution < 1.29 is 33.4 Å². The quantitative estimate of drug-likeness (QED) is 0.611. The molecule has 2 aromatic rings. The summed E-state index contributed by atoms with van der Waals surface area (Å²) in [5.41, 5.74) is 0.795. The standard InChI is InChI=1S/C19H17NO7/c1-25-17(22)12-7-9-13(10-8-12)20-16(21)11-27-19(24)15-6-4-3-5-14(15)18(23)26-2/h3-10H,11H2,1-2H3,(H,20,21). The van der Waals surface area contributed by atoms with Crippen LogP contribution in [0.25, 0.3) is 0 Å². The van der Waals surface area contributed by atoms with E-state index < -0.39 is 30.4 Å². The number of carbonyl (C=O) groups is 4. The lowest BCUT2D eigenvalue weighted by molar-refractivity contribution is -0.119. The van der Waals surface area contributed by atoms with Crippen LogP contribution in [-0.4, -0.2) is 44.6 Å². The van der Waals surface area contributed by atoms with Crippen LogP contribution in [0.4, 0.5) is 5.69 Å². The summed E-state index contributed by atoms with van der Waals surface area (Å²) in [6, 6.07) is 12.0. The van der Waals surface area contributed by atoms with Crippen molar-refractivity contribution in [2.24, 2.45) is 0 Å². The van der Waals surface area contributed by atoms with Gasteiger partial charge in [0.05, 0.1) is 30.9 Å². The Balaban J connectivity index is 1.95. The zero-order chi connectivity index (χ0) is 19.8. The van der Waals surface area contributed by atoms with Crippen LogP contribution in [0.3, 0.4) is 0 Å². The molecule has 0 spiro atoms. The van der Waals surface area contributed by atoms with E-state index in [-0.39, 0.29) is 11.1 Å². The third-order valence-electron chi connectivity index (χ3n) is 3.48. The number of ether oxygens (including phenoxy) is 3. The highest BCUT2D eigenvalue weighted by molar-refractivity contribution is 6.04. The van der Waals surface area contributed by atoms with E-state index in [1.807, 2.05) is 0 Å². The number of benzene rings is 2. The molecule has 0 atom stereocenters. The Morgan fingerprint density at radius 2 is 1.33 bits per heavy atom. The summed E-state index contributed by atoms with van der Waals surface area (Å²) in [5.74, 6) is -2.58. The molecule has 0 fully saturated rings. The van der Waals surface area contributed by atoms with Crippen LogP contribution in [0.1, 0.15) is 31.1 Å². The predicted molar refractivity (Wildman–Crippen MR) is 94.5 cm³/mol. The summed E-state index contributed by atoms with van der Waals surface area (Å²) in [7, 11) is 2.47. The van der Waals surface area contributed by atoms with Crippen molar-refractivity contribution in [1.82, 2.24) is 0 Å². The van der Waals surface area contributed by atoms with E-state index in [4.69, 9.17) is 4.74 Å². The number of carbonyl (C=O) groups excluding carboxylic acids is 4. The molecule has 140 valence electrons. The average molecular weight is 371 g/mol. The highest BCUT2D eigenvalue weighted by Crippen LogP contribution is 2.13. The second-order valence-corrected chi connectivity index (χ2v) is 5.23. The third kappa shape index (κ3) is 5.15. The van der Waals surface area contributed by atoms with Gasteiger partial charge in [0, 0.05) is 5.69 Å². The summed E-state index contributed by atoms with van der Waals surface area (Å²) >= 11 is 0. The van der Waals surface area contributed by atoms with Crippen molar-refractivity contribution in [3.63, 3.8) is 0 Å². The van der Waals surface area contributed by atoms with Crippen LogP contribution < -0.4 is 5.32 Å². The zero-order valence-electron chi connectivity index (χ0n) is 14.7. The Morgan fingerprint density at radius 1 is 0.778 bits per heavy atom. The molecule has 2 rings (SSSR count). The van der Waals surface area contributed by atoms with Crippen molar-refractivity contribution in [2.45, 2.75) is 0 Å². The van der Waals surface area contributed by atoms with Gasteiger partial charge < -0.3 is 19.5 Å². The van der Waals surface area contributed by atoms with E-state index in [0.717, 1.165) is 0 Å². The maximum Gasteiger partial charge on any atom is 0.339 e. The maximum atomic E-state index is 12.1. The van der Waals surface area contributed by atoms with Crippen LogP contribution in [0.5, 0.6) is 0 Å². The normalized spacial score (nSPS) is 9.85. The van der Waals surface area contributed by atoms with Gasteiger partial charge >= 0.3 is 17.9 Å². The topological polar surface area (TPSA) is 108 Å². The van der Waals surface area contributed by atoms with Gasteiger partial charge in [-0.3, -0.25) is 4.79 Å². The van der Waals surface area contributed by atoms with E-state index >= 15 is 0 Å². The minimum atomic E-state index is -0.827. The predicted octanol–water partition coefficient (Wildman–Crippen LogP) is 2.06. The van der Waals surface area contributed by atoms with Crippen molar-refractivity contribution >= 4 is 29.5 Å². The Bertz CT molecular complexity index is 859. The summed E-state index contributed by atoms with van der Waals surface area (Å²) in [4.78, 5) is 47.1. The van der Waals surface area contributed by atoms with Gasteiger partial charge in [-0.1, -0.05) is 12.1 Å². The smallest absolute Gasteiger partial charge is 0.339 e. The van der Waals surface area contributed by atoms with Gasteiger partial charge in [0.25, 0.3) is 5.91 Å². The second-order valence-electron chi connectivity index (χ2n) is 5.23. The maximum absolute atomic E-state index is 12.1. The first-order valence-corrected chi connectivity index (χ1v) is 7.79. The molecule has 8 heteroatoms. The largest absolute Gasteiger partial charge is 0.465 e. The van der Waals surface area contributed by atoms with Crippen LogP contribution in [0.15, 0.2) is 48.5 Å². The van der Waals surface area contributed by atoms with Gasteiger partial charge in [-0.25, -0.2) is 14.4 Å². The van der Waals surface area contributed by atoms with Crippen molar-refractivity contribution in [2.75, 3.05) is 26.1 Å². The van der Waals surface area contributed by atoms with Gasteiger partial charge in [0.2, 0.25) is 0 Å². The number of methoxy groups -OCH3 is 2. The van der Waals surface area contributed by atoms with Crippen molar-refractivity contribution in [3.8, 4) is 0 Å². The second kappa shape index (κ2) is 9.14. The van der Waals surface area contributed by atoms with Crippen molar-refractivity contribution in [1.29, 1.82) is 0 Å². The molecule has 0 saturated heterocycles. The molecule has 8 nitrogen and oxygen atoms in total. The Labute approximate surface area is 155 Å². The van der Waals surface area contributed by atoms with E-state index in [2.05, 4.69) is 14.8 Å². The molecule has 27 heavy (non-hydrogen) atoms. The molecule has 0 aliphatic carbocycles. The van der Waals surface area contributed by atoms with E-state index in [1.54, 1.807) is 12.1 Å². The van der Waals surface area contributed by atoms with Crippen molar-refractivity contribution in [3.05, 3.63) is 65.2 Å². The molecule has 1 amide bonds. The zero-order valence-corrected chi connectivity index (χ0v) is 14.7. The fraction of sp³-hybridized carbons (Fsp3) is 0.158. The number of nitrogens with one attached hydrogen (secondary N) is 1. The molecule has 0 saturated carbocycles. The fourth-order valence-electron chi connectivity index (χ4n) is 2.16. The van der Waals surface area contributed by atoms with Gasteiger partial charge in [0.15, 0.2) is 6.61 Å². The lowest BCUT2D eigenvalue weighted by atomic mass is 10.1. The van der Waals surface area contributed by atoms with Gasteiger partial charge in [0.1, 0.15) is 0 Å². The first-order chi connectivity index (χ1) is 13.0. The summed E-state index contributed by atoms with van der Waals surface area (Å²) in [6.07, 6.45) is 0. The molecule has 0 heterocycles. The lowest BCUT2D eigenvalue weighted by Crippen LogP contribution is -2.22. The lowest BCUT2D eigenvalue weighted by Gasteiger charge is -2.09. The average Bonchev–Trinajstić information content (AvgIpc) is 2.71. The molecule has 0 bridgehead atoms. The summed E-state index contributed by atoms with van der Waals surface area (Å²) in [6.45, 7) is -0.549. The SMILES string of the molecule is COC(=O)c1ccc(NC(=O)COC(=O)c2ccccc2C(=O)OC)cc1.